The Morgan fingerprint density at radius 1 is 1.25 bits per heavy atom. The number of methoxy groups -OCH3 is 1. The zero-order valence-corrected chi connectivity index (χ0v) is 18.6. The maximum Gasteiger partial charge on any atom is 0.226 e. The molecule has 2 heterocycles. The number of carbonyl (C=O) groups excluding carboxylic acids is 1. The van der Waals surface area contributed by atoms with Crippen LogP contribution in [0, 0.1) is 18.7 Å². The Bertz CT molecular complexity index is 1060. The lowest BCUT2D eigenvalue weighted by Gasteiger charge is -2.31. The van der Waals surface area contributed by atoms with Crippen molar-refractivity contribution in [2.45, 2.75) is 39.2 Å². The van der Waals surface area contributed by atoms with Gasteiger partial charge in [-0.3, -0.25) is 9.69 Å². The van der Waals surface area contributed by atoms with Gasteiger partial charge in [-0.25, -0.2) is 9.37 Å². The summed E-state index contributed by atoms with van der Waals surface area (Å²) >= 11 is 0. The second kappa shape index (κ2) is 10.1. The van der Waals surface area contributed by atoms with Gasteiger partial charge in [-0.2, -0.15) is 0 Å². The van der Waals surface area contributed by atoms with Crippen LogP contribution in [0.4, 0.5) is 4.39 Å². The number of likely N-dealkylation sites (tertiary alicyclic amines) is 1. The molecule has 3 aromatic rings. The van der Waals surface area contributed by atoms with Crippen molar-refractivity contribution in [3.63, 3.8) is 0 Å². The topological polar surface area (TPSA) is 55.6 Å². The third kappa shape index (κ3) is 5.25. The molecule has 0 aliphatic carbocycles. The first-order chi connectivity index (χ1) is 15.5. The molecule has 168 valence electrons. The number of ether oxygens (including phenoxy) is 1. The van der Waals surface area contributed by atoms with Gasteiger partial charge in [0.25, 0.3) is 0 Å². The fraction of sp³-hybridized carbons (Fsp3) is 0.385. The lowest BCUT2D eigenvalue weighted by atomic mass is 9.90. The number of hydrogen-bond acceptors (Lipinski definition) is 5. The summed E-state index contributed by atoms with van der Waals surface area (Å²) < 4.78 is 24.6. The van der Waals surface area contributed by atoms with Crippen molar-refractivity contribution in [1.82, 2.24) is 9.88 Å². The van der Waals surface area contributed by atoms with E-state index in [2.05, 4.69) is 22.0 Å². The fourth-order valence-electron chi connectivity index (χ4n) is 4.28. The Morgan fingerprint density at radius 2 is 2.06 bits per heavy atom. The molecular formula is C26H29FN2O3. The van der Waals surface area contributed by atoms with Crippen molar-refractivity contribution in [3.8, 4) is 17.2 Å². The second-order valence-corrected chi connectivity index (χ2v) is 8.40. The number of hydrogen-bond donors (Lipinski definition) is 0. The summed E-state index contributed by atoms with van der Waals surface area (Å²) in [7, 11) is 1.43. The number of rotatable bonds is 8. The molecule has 0 radical (unpaired) electrons. The molecule has 0 amide bonds. The molecule has 1 aliphatic heterocycles. The van der Waals surface area contributed by atoms with E-state index >= 15 is 0 Å². The third-order valence-electron chi connectivity index (χ3n) is 6.13. The molecule has 0 bridgehead atoms. The Morgan fingerprint density at radius 3 is 2.84 bits per heavy atom. The number of ketones is 1. The van der Waals surface area contributed by atoms with E-state index in [4.69, 9.17) is 9.15 Å². The van der Waals surface area contributed by atoms with Crippen LogP contribution in [-0.2, 0) is 17.8 Å². The largest absolute Gasteiger partial charge is 0.494 e. The molecule has 4 rings (SSSR count). The van der Waals surface area contributed by atoms with E-state index in [9.17, 15) is 9.18 Å². The molecule has 1 fully saturated rings. The molecule has 32 heavy (non-hydrogen) atoms. The number of halogens is 1. The quantitative estimate of drug-likeness (QED) is 0.485. The number of benzene rings is 2. The number of piperidine rings is 1. The molecule has 0 unspecified atom stereocenters. The Labute approximate surface area is 188 Å². The molecular weight excluding hydrogens is 407 g/mol. The van der Waals surface area contributed by atoms with Crippen LogP contribution in [0.3, 0.4) is 0 Å². The van der Waals surface area contributed by atoms with Crippen LogP contribution in [0.15, 0.2) is 52.9 Å². The first-order valence-electron chi connectivity index (χ1n) is 11.1. The number of aryl methyl sites for hydroxylation is 2. The first-order valence-corrected chi connectivity index (χ1v) is 11.1. The summed E-state index contributed by atoms with van der Waals surface area (Å²) in [6, 6.07) is 14.7. The Balaban J connectivity index is 1.38. The Hall–Kier alpha value is -2.99. The fourth-order valence-corrected chi connectivity index (χ4v) is 4.28. The van der Waals surface area contributed by atoms with E-state index in [1.54, 1.807) is 12.1 Å². The summed E-state index contributed by atoms with van der Waals surface area (Å²) in [5.41, 5.74) is 2.72. The van der Waals surface area contributed by atoms with E-state index in [0.717, 1.165) is 43.8 Å². The summed E-state index contributed by atoms with van der Waals surface area (Å²) in [4.78, 5) is 19.8. The maximum absolute atomic E-state index is 13.7. The molecule has 1 atom stereocenters. The average Bonchev–Trinajstić information content (AvgIpc) is 3.18. The van der Waals surface area contributed by atoms with Gasteiger partial charge in [0.15, 0.2) is 11.6 Å². The molecule has 1 aromatic heterocycles. The lowest BCUT2D eigenvalue weighted by molar-refractivity contribution is -0.124. The van der Waals surface area contributed by atoms with E-state index in [-0.39, 0.29) is 11.7 Å². The van der Waals surface area contributed by atoms with E-state index in [1.807, 2.05) is 25.1 Å². The zero-order valence-electron chi connectivity index (χ0n) is 18.6. The molecule has 2 aromatic carbocycles. The summed E-state index contributed by atoms with van der Waals surface area (Å²) in [6.45, 7) is 4.21. The SMILES string of the molecule is COc1cc(-c2nc(CN3CCC[C@@H](C(=O)CCc4ccccc4)C3)c(C)o2)ccc1F. The van der Waals surface area contributed by atoms with Gasteiger partial charge in [0.05, 0.1) is 12.8 Å². The summed E-state index contributed by atoms with van der Waals surface area (Å²) in [5.74, 6) is 1.34. The van der Waals surface area contributed by atoms with Crippen molar-refractivity contribution < 1.29 is 18.3 Å². The molecule has 1 aliphatic rings. The molecule has 0 N–H and O–H groups in total. The molecule has 0 spiro atoms. The summed E-state index contributed by atoms with van der Waals surface area (Å²) in [5, 5.41) is 0. The standard InChI is InChI=1S/C26H29FN2O3/c1-18-23(28-26(32-18)20-11-12-22(27)25(15-20)31-2)17-29-14-6-9-21(16-29)24(30)13-10-19-7-4-3-5-8-19/h3-5,7-8,11-12,15,21H,6,9-10,13-14,16-17H2,1-2H3/t21-/m1/s1. The van der Waals surface area contributed by atoms with Gasteiger partial charge >= 0.3 is 0 Å². The third-order valence-corrected chi connectivity index (χ3v) is 6.13. The minimum atomic E-state index is -0.420. The average molecular weight is 437 g/mol. The maximum atomic E-state index is 13.7. The van der Waals surface area contributed by atoms with Crippen LogP contribution in [0.5, 0.6) is 5.75 Å². The van der Waals surface area contributed by atoms with Gasteiger partial charge in [-0.15, -0.1) is 0 Å². The molecule has 1 saturated heterocycles. The van der Waals surface area contributed by atoms with Crippen LogP contribution in [-0.4, -0.2) is 35.9 Å². The number of oxazole rings is 1. The van der Waals surface area contributed by atoms with Gasteiger partial charge in [0.2, 0.25) is 5.89 Å². The van der Waals surface area contributed by atoms with Gasteiger partial charge in [0, 0.05) is 31.0 Å². The van der Waals surface area contributed by atoms with E-state index in [0.29, 0.717) is 30.2 Å². The monoisotopic (exact) mass is 436 g/mol. The predicted octanol–water partition coefficient (Wildman–Crippen LogP) is 5.21. The summed E-state index contributed by atoms with van der Waals surface area (Å²) in [6.07, 6.45) is 3.33. The first kappa shape index (κ1) is 22.2. The number of aromatic nitrogens is 1. The van der Waals surface area contributed by atoms with Gasteiger partial charge < -0.3 is 9.15 Å². The van der Waals surface area contributed by atoms with Crippen molar-refractivity contribution >= 4 is 5.78 Å². The van der Waals surface area contributed by atoms with Crippen LogP contribution >= 0.6 is 0 Å². The molecule has 0 saturated carbocycles. The van der Waals surface area contributed by atoms with Gasteiger partial charge in [-0.1, -0.05) is 30.3 Å². The minimum Gasteiger partial charge on any atom is -0.494 e. The van der Waals surface area contributed by atoms with Crippen molar-refractivity contribution in [1.29, 1.82) is 0 Å². The number of carbonyl (C=O) groups is 1. The second-order valence-electron chi connectivity index (χ2n) is 8.40. The molecule has 6 heteroatoms. The smallest absolute Gasteiger partial charge is 0.226 e. The highest BCUT2D eigenvalue weighted by molar-refractivity contribution is 5.81. The minimum absolute atomic E-state index is 0.0699. The van der Waals surface area contributed by atoms with Crippen LogP contribution < -0.4 is 4.74 Å². The van der Waals surface area contributed by atoms with Crippen LogP contribution in [0.25, 0.3) is 11.5 Å². The highest BCUT2D eigenvalue weighted by Crippen LogP contribution is 2.28. The van der Waals surface area contributed by atoms with Crippen molar-refractivity contribution in [3.05, 3.63) is 71.4 Å². The van der Waals surface area contributed by atoms with Gasteiger partial charge in [-0.05, 0) is 56.5 Å². The van der Waals surface area contributed by atoms with Crippen LogP contribution in [0.2, 0.25) is 0 Å². The predicted molar refractivity (Wildman–Crippen MR) is 121 cm³/mol. The Kier molecular flexibility index (Phi) is 7.00. The number of nitrogens with zero attached hydrogens (tertiary/aromatic N) is 2. The van der Waals surface area contributed by atoms with E-state index < -0.39 is 5.82 Å². The normalized spacial score (nSPS) is 16.8. The van der Waals surface area contributed by atoms with Crippen molar-refractivity contribution in [2.75, 3.05) is 20.2 Å². The zero-order chi connectivity index (χ0) is 22.5. The van der Waals surface area contributed by atoms with Crippen LogP contribution in [0.1, 0.15) is 36.3 Å². The van der Waals surface area contributed by atoms with E-state index in [1.165, 1.54) is 18.7 Å². The van der Waals surface area contributed by atoms with Gasteiger partial charge in [0.1, 0.15) is 11.5 Å². The van der Waals surface area contributed by atoms with Crippen molar-refractivity contribution in [2.24, 2.45) is 5.92 Å². The highest BCUT2D eigenvalue weighted by Gasteiger charge is 2.26. The highest BCUT2D eigenvalue weighted by atomic mass is 19.1. The lowest BCUT2D eigenvalue weighted by Crippen LogP contribution is -2.38. The number of Topliss-reactive ketones (excluding diaryl/α,β-unsaturated/α-hetero) is 1. The molecule has 5 nitrogen and oxygen atoms in total.